The summed E-state index contributed by atoms with van der Waals surface area (Å²) in [5, 5.41) is 28.1. The molecule has 0 aliphatic rings. The first kappa shape index (κ1) is 22.8. The van der Waals surface area contributed by atoms with Crippen LogP contribution >= 0.6 is 0 Å². The van der Waals surface area contributed by atoms with Gasteiger partial charge in [0.1, 0.15) is 5.82 Å². The number of rotatable bonds is 8. The van der Waals surface area contributed by atoms with Gasteiger partial charge in [-0.25, -0.2) is 9.78 Å². The van der Waals surface area contributed by atoms with Crippen molar-refractivity contribution >= 4 is 17.1 Å². The van der Waals surface area contributed by atoms with Crippen molar-refractivity contribution in [2.24, 2.45) is 5.41 Å². The first-order valence-corrected chi connectivity index (χ1v) is 10.6. The van der Waals surface area contributed by atoms with E-state index in [-0.39, 0.29) is 13.0 Å². The van der Waals surface area contributed by atoms with E-state index in [1.54, 1.807) is 12.1 Å². The summed E-state index contributed by atoms with van der Waals surface area (Å²) >= 11 is 0. The predicted octanol–water partition coefficient (Wildman–Crippen LogP) is 5.34. The number of hydrogen-bond donors (Lipinski definition) is 2. The van der Waals surface area contributed by atoms with Gasteiger partial charge < -0.3 is 10.1 Å². The Morgan fingerprint density at radius 3 is 2.56 bits per heavy atom. The van der Waals surface area contributed by atoms with E-state index in [2.05, 4.69) is 36.0 Å². The minimum Gasteiger partial charge on any atom is -0.465 e. The quantitative estimate of drug-likeness (QED) is 0.501. The van der Waals surface area contributed by atoms with Crippen LogP contribution in [0.3, 0.4) is 0 Å². The molecule has 0 fully saturated rings. The Balaban J connectivity index is 1.97. The number of fused-ring (bicyclic) bond motifs is 1. The number of aromatic nitrogens is 2. The lowest BCUT2D eigenvalue weighted by Gasteiger charge is -2.41. The molecule has 0 bridgehead atoms. The molecule has 164 valence electrons. The molecule has 0 radical (unpaired) electrons. The standard InChI is InChI=1S/C25H27N5O2/c1-17-28-21-10-9-20(15-22(21)29-17)23(30(24(31)32)14-4-13-26)25(2,3)12-11-18-5-7-19(16-27)8-6-18/h5-10,15,23H,4,11-12,14H2,1-3H3,(H,28,29)(H,31,32). The zero-order valence-corrected chi connectivity index (χ0v) is 18.6. The van der Waals surface area contributed by atoms with Gasteiger partial charge in [-0.3, -0.25) is 4.90 Å². The molecular formula is C25H27N5O2. The zero-order valence-electron chi connectivity index (χ0n) is 18.6. The third kappa shape index (κ3) is 5.07. The van der Waals surface area contributed by atoms with E-state index in [0.717, 1.165) is 40.8 Å². The topological polar surface area (TPSA) is 117 Å². The summed E-state index contributed by atoms with van der Waals surface area (Å²) in [4.78, 5) is 21.3. The maximum absolute atomic E-state index is 12.2. The Morgan fingerprint density at radius 2 is 1.94 bits per heavy atom. The van der Waals surface area contributed by atoms with Crippen LogP contribution < -0.4 is 0 Å². The number of aromatic amines is 1. The van der Waals surface area contributed by atoms with E-state index in [1.807, 2.05) is 37.3 Å². The van der Waals surface area contributed by atoms with Crippen LogP contribution in [0.5, 0.6) is 0 Å². The van der Waals surface area contributed by atoms with Crippen LogP contribution in [0.4, 0.5) is 4.79 Å². The van der Waals surface area contributed by atoms with E-state index >= 15 is 0 Å². The van der Waals surface area contributed by atoms with Gasteiger partial charge in [0.15, 0.2) is 0 Å². The average Bonchev–Trinajstić information content (AvgIpc) is 3.14. The zero-order chi connectivity index (χ0) is 23.3. The fourth-order valence-electron chi connectivity index (χ4n) is 4.23. The molecule has 0 aliphatic carbocycles. The first-order valence-electron chi connectivity index (χ1n) is 10.6. The number of nitrogens with one attached hydrogen (secondary N) is 1. The summed E-state index contributed by atoms with van der Waals surface area (Å²) in [7, 11) is 0. The fourth-order valence-corrected chi connectivity index (χ4v) is 4.23. The molecule has 3 rings (SSSR count). The lowest BCUT2D eigenvalue weighted by atomic mass is 9.75. The minimum atomic E-state index is -1.04. The van der Waals surface area contributed by atoms with Gasteiger partial charge in [0.05, 0.1) is 41.2 Å². The van der Waals surface area contributed by atoms with E-state index in [4.69, 9.17) is 10.5 Å². The monoisotopic (exact) mass is 429 g/mol. The highest BCUT2D eigenvalue weighted by molar-refractivity contribution is 5.76. The highest BCUT2D eigenvalue weighted by Crippen LogP contribution is 2.42. The fraction of sp³-hybridized carbons (Fsp3) is 0.360. The number of carboxylic acid groups (broad SMARTS) is 1. The van der Waals surface area contributed by atoms with Crippen molar-refractivity contribution in [1.29, 1.82) is 10.5 Å². The van der Waals surface area contributed by atoms with Gasteiger partial charge in [0.25, 0.3) is 0 Å². The van der Waals surface area contributed by atoms with Gasteiger partial charge in [-0.05, 0) is 60.6 Å². The number of aryl methyl sites for hydroxylation is 2. The van der Waals surface area contributed by atoms with E-state index < -0.39 is 17.6 Å². The van der Waals surface area contributed by atoms with Gasteiger partial charge in [0.2, 0.25) is 0 Å². The number of amides is 1. The summed E-state index contributed by atoms with van der Waals surface area (Å²) in [5.74, 6) is 0.799. The highest BCUT2D eigenvalue weighted by Gasteiger charge is 2.37. The second-order valence-electron chi connectivity index (χ2n) is 8.68. The van der Waals surface area contributed by atoms with Crippen molar-refractivity contribution < 1.29 is 9.90 Å². The van der Waals surface area contributed by atoms with Crippen LogP contribution in [-0.4, -0.2) is 32.6 Å². The summed E-state index contributed by atoms with van der Waals surface area (Å²) in [5.41, 5.74) is 3.84. The van der Waals surface area contributed by atoms with Crippen molar-refractivity contribution in [3.63, 3.8) is 0 Å². The number of H-pyrrole nitrogens is 1. The second kappa shape index (κ2) is 9.53. The Kier molecular flexibility index (Phi) is 6.80. The third-order valence-electron chi connectivity index (χ3n) is 5.84. The molecule has 32 heavy (non-hydrogen) atoms. The summed E-state index contributed by atoms with van der Waals surface area (Å²) in [6, 6.07) is 17.0. The van der Waals surface area contributed by atoms with Crippen LogP contribution in [0.2, 0.25) is 0 Å². The average molecular weight is 430 g/mol. The van der Waals surface area contributed by atoms with Gasteiger partial charge in [-0.15, -0.1) is 0 Å². The van der Waals surface area contributed by atoms with Gasteiger partial charge >= 0.3 is 6.09 Å². The molecule has 1 atom stereocenters. The van der Waals surface area contributed by atoms with Crippen LogP contribution in [-0.2, 0) is 6.42 Å². The molecule has 0 spiro atoms. The van der Waals surface area contributed by atoms with Crippen LogP contribution in [0.25, 0.3) is 11.0 Å². The number of benzene rings is 2. The molecule has 7 heteroatoms. The Morgan fingerprint density at radius 1 is 1.22 bits per heavy atom. The lowest BCUT2D eigenvalue weighted by molar-refractivity contribution is 0.0713. The number of imidazole rings is 1. The molecule has 0 saturated heterocycles. The number of nitriles is 2. The number of carbonyl (C=O) groups is 1. The van der Waals surface area contributed by atoms with E-state index in [0.29, 0.717) is 5.56 Å². The molecule has 2 aromatic carbocycles. The molecule has 2 N–H and O–H groups in total. The molecule has 1 heterocycles. The van der Waals surface area contributed by atoms with Crippen molar-refractivity contribution in [2.75, 3.05) is 6.54 Å². The summed E-state index contributed by atoms with van der Waals surface area (Å²) in [6.07, 6.45) is 0.546. The number of nitrogens with zero attached hydrogens (tertiary/aromatic N) is 4. The maximum Gasteiger partial charge on any atom is 0.407 e. The Bertz CT molecular complexity index is 1180. The lowest BCUT2D eigenvalue weighted by Crippen LogP contribution is -2.42. The molecule has 1 amide bonds. The largest absolute Gasteiger partial charge is 0.465 e. The second-order valence-corrected chi connectivity index (χ2v) is 8.68. The normalized spacial score (nSPS) is 12.2. The van der Waals surface area contributed by atoms with Crippen molar-refractivity contribution in [2.45, 2.75) is 46.1 Å². The molecule has 3 aromatic rings. The smallest absolute Gasteiger partial charge is 0.407 e. The molecule has 0 aliphatic heterocycles. The van der Waals surface area contributed by atoms with Crippen LogP contribution in [0.1, 0.15) is 55.2 Å². The Hall–Kier alpha value is -3.84. The van der Waals surface area contributed by atoms with E-state index in [1.165, 1.54) is 4.90 Å². The molecule has 1 unspecified atom stereocenters. The third-order valence-corrected chi connectivity index (χ3v) is 5.84. The summed E-state index contributed by atoms with van der Waals surface area (Å²) < 4.78 is 0. The van der Waals surface area contributed by atoms with Gasteiger partial charge in [0, 0.05) is 6.54 Å². The summed E-state index contributed by atoms with van der Waals surface area (Å²) in [6.45, 7) is 6.14. The van der Waals surface area contributed by atoms with E-state index in [9.17, 15) is 9.90 Å². The van der Waals surface area contributed by atoms with Crippen molar-refractivity contribution in [3.8, 4) is 12.1 Å². The maximum atomic E-state index is 12.2. The van der Waals surface area contributed by atoms with Crippen LogP contribution in [0, 0.1) is 35.0 Å². The SMILES string of the molecule is Cc1nc2ccc(C(N(CCC#N)C(=O)O)C(C)(C)CCc3ccc(C#N)cc3)cc2[nH]1. The Labute approximate surface area is 187 Å². The highest BCUT2D eigenvalue weighted by atomic mass is 16.4. The number of hydrogen-bond acceptors (Lipinski definition) is 4. The molecule has 0 saturated carbocycles. The minimum absolute atomic E-state index is 0.125. The van der Waals surface area contributed by atoms with Crippen molar-refractivity contribution in [3.05, 3.63) is 65.0 Å². The van der Waals surface area contributed by atoms with Crippen molar-refractivity contribution in [1.82, 2.24) is 14.9 Å². The molecule has 1 aromatic heterocycles. The first-order chi connectivity index (χ1) is 15.2. The van der Waals surface area contributed by atoms with Crippen LogP contribution in [0.15, 0.2) is 42.5 Å². The molecular weight excluding hydrogens is 402 g/mol. The van der Waals surface area contributed by atoms with Gasteiger partial charge in [-0.1, -0.05) is 32.0 Å². The predicted molar refractivity (Wildman–Crippen MR) is 122 cm³/mol. The van der Waals surface area contributed by atoms with Gasteiger partial charge in [-0.2, -0.15) is 10.5 Å². The molecule has 7 nitrogen and oxygen atoms in total.